The summed E-state index contributed by atoms with van der Waals surface area (Å²) >= 11 is 0.154. The molecule has 0 atom stereocenters. The molecule has 2 aromatic rings. The van der Waals surface area contributed by atoms with Crippen LogP contribution in [-0.4, -0.2) is 34.1 Å². The van der Waals surface area contributed by atoms with E-state index in [0.717, 1.165) is 0 Å². The van der Waals surface area contributed by atoms with E-state index in [1.54, 1.807) is 18.2 Å². The number of amides is 2. The van der Waals surface area contributed by atoms with Crippen molar-refractivity contribution < 1.29 is 23.1 Å². The first kappa shape index (κ1) is 19.8. The number of aromatic nitrogens is 2. The Hall–Kier alpha value is -2.95. The highest BCUT2D eigenvalue weighted by Crippen LogP contribution is 2.30. The van der Waals surface area contributed by atoms with Crippen molar-refractivity contribution in [3.05, 3.63) is 39.8 Å². The third-order valence-electron chi connectivity index (χ3n) is 3.90. The highest BCUT2D eigenvalue weighted by Gasteiger charge is 2.17. The minimum Gasteiger partial charge on any atom is -0.482 e. The summed E-state index contributed by atoms with van der Waals surface area (Å²) in [5, 5.41) is 5.15. The van der Waals surface area contributed by atoms with Crippen molar-refractivity contribution in [3.63, 3.8) is 0 Å². The largest absolute Gasteiger partial charge is 0.482 e. The van der Waals surface area contributed by atoms with E-state index >= 15 is 0 Å². The number of nitrogens with one attached hydrogen (secondary N) is 3. The Balaban J connectivity index is 1.63. The predicted molar refractivity (Wildman–Crippen MR) is 99.0 cm³/mol. The summed E-state index contributed by atoms with van der Waals surface area (Å²) in [5.74, 6) is -2.82. The summed E-state index contributed by atoms with van der Waals surface area (Å²) in [6, 6.07) is 4.83. The summed E-state index contributed by atoms with van der Waals surface area (Å²) in [5.41, 5.74) is 0.935. The van der Waals surface area contributed by atoms with Crippen LogP contribution >= 0.6 is 11.8 Å². The number of carbonyl (C=O) groups excluding carboxylic acids is 2. The summed E-state index contributed by atoms with van der Waals surface area (Å²) in [6.45, 7) is 1.47. The van der Waals surface area contributed by atoms with Crippen LogP contribution in [0.3, 0.4) is 0 Å². The van der Waals surface area contributed by atoms with Crippen molar-refractivity contribution in [2.45, 2.75) is 30.7 Å². The van der Waals surface area contributed by atoms with Crippen LogP contribution in [0.2, 0.25) is 0 Å². The number of aryl methyl sites for hydroxylation is 1. The number of carbonyl (C=O) groups is 2. The Morgan fingerprint density at radius 2 is 2.18 bits per heavy atom. The number of alkyl halides is 2. The molecule has 2 amide bonds. The van der Waals surface area contributed by atoms with Gasteiger partial charge in [-0.15, -0.1) is 0 Å². The lowest BCUT2D eigenvalue weighted by Crippen LogP contribution is -2.25. The van der Waals surface area contributed by atoms with Crippen LogP contribution in [0.1, 0.15) is 17.7 Å². The maximum Gasteiger partial charge on any atom is 0.291 e. The third kappa shape index (κ3) is 4.85. The molecular formula is C17H16F2N4O4S. The van der Waals surface area contributed by atoms with E-state index in [4.69, 9.17) is 4.74 Å². The molecule has 3 rings (SSSR count). The van der Waals surface area contributed by atoms with Gasteiger partial charge in [-0.1, -0.05) is 0 Å². The quantitative estimate of drug-likeness (QED) is 0.498. The third-order valence-corrected chi connectivity index (χ3v) is 4.49. The lowest BCUT2D eigenvalue weighted by molar-refractivity contribution is -0.118. The fraction of sp³-hybridized carbons (Fsp3) is 0.294. The van der Waals surface area contributed by atoms with Gasteiger partial charge < -0.3 is 20.4 Å². The van der Waals surface area contributed by atoms with Gasteiger partial charge in [-0.05, 0) is 43.3 Å². The molecule has 8 nitrogen and oxygen atoms in total. The minimum absolute atomic E-state index is 0.00706. The molecule has 2 heterocycles. The van der Waals surface area contributed by atoms with Gasteiger partial charge in [0.05, 0.1) is 5.69 Å². The fourth-order valence-corrected chi connectivity index (χ4v) is 3.15. The smallest absolute Gasteiger partial charge is 0.291 e. The second-order valence-corrected chi connectivity index (χ2v) is 6.89. The van der Waals surface area contributed by atoms with Gasteiger partial charge in [0.25, 0.3) is 17.2 Å². The SMILES string of the molecule is Cc1nc(SC(F)F)[nH]c(=O)c1CCC(=O)Nc1ccc2c(c1)NC(=O)CO2. The van der Waals surface area contributed by atoms with Crippen molar-refractivity contribution in [1.82, 2.24) is 9.97 Å². The molecule has 0 fully saturated rings. The maximum absolute atomic E-state index is 12.4. The molecule has 3 N–H and O–H groups in total. The number of halogens is 2. The fourth-order valence-electron chi connectivity index (χ4n) is 2.64. The van der Waals surface area contributed by atoms with Gasteiger partial charge in [-0.25, -0.2) is 4.98 Å². The topological polar surface area (TPSA) is 113 Å². The molecule has 1 aromatic carbocycles. The summed E-state index contributed by atoms with van der Waals surface area (Å²) < 4.78 is 30.0. The normalized spacial score (nSPS) is 12.9. The van der Waals surface area contributed by atoms with Gasteiger partial charge in [0.1, 0.15) is 5.75 Å². The van der Waals surface area contributed by atoms with Crippen LogP contribution in [0.4, 0.5) is 20.2 Å². The number of fused-ring (bicyclic) bond motifs is 1. The summed E-state index contributed by atoms with van der Waals surface area (Å²) in [4.78, 5) is 41.8. The molecule has 0 saturated heterocycles. The average Bonchev–Trinajstić information content (AvgIpc) is 2.60. The first-order valence-corrected chi connectivity index (χ1v) is 9.11. The molecule has 1 aromatic heterocycles. The number of benzene rings is 1. The van der Waals surface area contributed by atoms with E-state index in [0.29, 0.717) is 22.8 Å². The average molecular weight is 410 g/mol. The Morgan fingerprint density at radius 1 is 1.39 bits per heavy atom. The number of anilines is 2. The van der Waals surface area contributed by atoms with Gasteiger partial charge in [0, 0.05) is 23.4 Å². The molecule has 0 unspecified atom stereocenters. The van der Waals surface area contributed by atoms with Crippen LogP contribution < -0.4 is 20.9 Å². The van der Waals surface area contributed by atoms with Crippen molar-refractivity contribution in [2.75, 3.05) is 17.2 Å². The lowest BCUT2D eigenvalue weighted by Gasteiger charge is -2.18. The van der Waals surface area contributed by atoms with E-state index in [1.165, 1.54) is 6.92 Å². The standard InChI is InChI=1S/C17H16F2N4O4S/c1-8-10(15(26)23-17(20-8)28-16(18)19)3-5-13(24)21-9-2-4-12-11(6-9)22-14(25)7-27-12/h2,4,6,16H,3,5,7H2,1H3,(H,21,24)(H,22,25)(H,20,23,26). The van der Waals surface area contributed by atoms with E-state index in [1.807, 2.05) is 0 Å². The highest BCUT2D eigenvalue weighted by molar-refractivity contribution is 7.99. The second-order valence-electron chi connectivity index (χ2n) is 5.91. The Bertz CT molecular complexity index is 980. The molecule has 0 aliphatic carbocycles. The van der Waals surface area contributed by atoms with Crippen molar-refractivity contribution in [2.24, 2.45) is 0 Å². The zero-order valence-electron chi connectivity index (χ0n) is 14.7. The van der Waals surface area contributed by atoms with Crippen LogP contribution in [0.25, 0.3) is 0 Å². The number of thioether (sulfide) groups is 1. The lowest BCUT2D eigenvalue weighted by atomic mass is 10.1. The molecule has 0 radical (unpaired) electrons. The molecule has 28 heavy (non-hydrogen) atoms. The number of hydrogen-bond donors (Lipinski definition) is 3. The molecule has 1 aliphatic heterocycles. The zero-order chi connectivity index (χ0) is 20.3. The van der Waals surface area contributed by atoms with Gasteiger partial charge in [-0.3, -0.25) is 14.4 Å². The van der Waals surface area contributed by atoms with E-state index < -0.39 is 11.3 Å². The predicted octanol–water partition coefficient (Wildman–Crippen LogP) is 2.30. The molecule has 1 aliphatic rings. The van der Waals surface area contributed by atoms with Crippen molar-refractivity contribution >= 4 is 35.0 Å². The molecule has 148 valence electrons. The van der Waals surface area contributed by atoms with Crippen LogP contribution in [-0.2, 0) is 16.0 Å². The molecule has 11 heteroatoms. The van der Waals surface area contributed by atoms with Gasteiger partial charge in [-0.2, -0.15) is 8.78 Å². The van der Waals surface area contributed by atoms with Crippen molar-refractivity contribution in [1.29, 1.82) is 0 Å². The molecule has 0 spiro atoms. The minimum atomic E-state index is -2.69. The van der Waals surface area contributed by atoms with E-state index in [2.05, 4.69) is 20.6 Å². The molecular weight excluding hydrogens is 394 g/mol. The van der Waals surface area contributed by atoms with Crippen LogP contribution in [0, 0.1) is 6.92 Å². The number of ether oxygens (including phenoxy) is 1. The monoisotopic (exact) mass is 410 g/mol. The van der Waals surface area contributed by atoms with Crippen LogP contribution in [0.15, 0.2) is 28.2 Å². The summed E-state index contributed by atoms with van der Waals surface area (Å²) in [6.07, 6.45) is 0.0945. The Kier molecular flexibility index (Phi) is 5.93. The Morgan fingerprint density at radius 3 is 2.89 bits per heavy atom. The maximum atomic E-state index is 12.4. The zero-order valence-corrected chi connectivity index (χ0v) is 15.5. The van der Waals surface area contributed by atoms with Gasteiger partial charge >= 0.3 is 0 Å². The highest BCUT2D eigenvalue weighted by atomic mass is 32.2. The van der Waals surface area contributed by atoms with E-state index in [-0.39, 0.29) is 53.7 Å². The van der Waals surface area contributed by atoms with Gasteiger partial charge in [0.15, 0.2) is 11.8 Å². The number of hydrogen-bond acceptors (Lipinski definition) is 6. The number of rotatable bonds is 6. The summed E-state index contributed by atoms with van der Waals surface area (Å²) in [7, 11) is 0. The van der Waals surface area contributed by atoms with Crippen LogP contribution in [0.5, 0.6) is 5.75 Å². The van der Waals surface area contributed by atoms with E-state index in [9.17, 15) is 23.2 Å². The molecule has 0 bridgehead atoms. The molecule has 0 saturated carbocycles. The number of nitrogens with zero attached hydrogens (tertiary/aromatic N) is 1. The second kappa shape index (κ2) is 8.38. The Labute approximate surface area is 162 Å². The number of H-pyrrole nitrogens is 1. The van der Waals surface area contributed by atoms with Crippen molar-refractivity contribution in [3.8, 4) is 5.75 Å². The first-order chi connectivity index (χ1) is 13.3. The first-order valence-electron chi connectivity index (χ1n) is 8.23. The van der Waals surface area contributed by atoms with Gasteiger partial charge in [0.2, 0.25) is 5.91 Å². The number of aromatic amines is 1.